The molecule has 0 radical (unpaired) electrons. The smallest absolute Gasteiger partial charge is 0.223 e. The summed E-state index contributed by atoms with van der Waals surface area (Å²) >= 11 is 13.1. The first-order chi connectivity index (χ1) is 15.0. The van der Waals surface area contributed by atoms with Gasteiger partial charge in [-0.25, -0.2) is 9.97 Å². The molecule has 3 aromatic rings. The van der Waals surface area contributed by atoms with Crippen LogP contribution >= 0.6 is 23.2 Å². The minimum Gasteiger partial charge on any atom is -0.495 e. The Kier molecular flexibility index (Phi) is 6.33. The van der Waals surface area contributed by atoms with Crippen molar-refractivity contribution in [3.63, 3.8) is 0 Å². The molecule has 1 aliphatic heterocycles. The number of aromatic nitrogens is 2. The lowest BCUT2D eigenvalue weighted by atomic mass is 10.0. The summed E-state index contributed by atoms with van der Waals surface area (Å²) in [6, 6.07) is 10.0. The fraction of sp³-hybridized carbons (Fsp3) is 0.318. The van der Waals surface area contributed by atoms with Gasteiger partial charge in [-0.3, -0.25) is 0 Å². The lowest BCUT2D eigenvalue weighted by molar-refractivity contribution is 0.395. The zero-order valence-corrected chi connectivity index (χ0v) is 18.6. The molecule has 0 amide bonds. The van der Waals surface area contributed by atoms with Gasteiger partial charge in [-0.05, 0) is 24.1 Å². The summed E-state index contributed by atoms with van der Waals surface area (Å²) in [5.74, 6) is 1.52. The maximum absolute atomic E-state index is 8.85. The highest BCUT2D eigenvalue weighted by Crippen LogP contribution is 2.46. The van der Waals surface area contributed by atoms with E-state index in [0.717, 1.165) is 29.4 Å². The first kappa shape index (κ1) is 21.4. The van der Waals surface area contributed by atoms with Crippen LogP contribution in [0.2, 0.25) is 10.0 Å². The normalized spacial score (nSPS) is 18.0. The number of ether oxygens (including phenoxy) is 2. The van der Waals surface area contributed by atoms with E-state index in [0.29, 0.717) is 39.5 Å². The predicted molar refractivity (Wildman–Crippen MR) is 122 cm³/mol. The van der Waals surface area contributed by atoms with Crippen LogP contribution in [0.3, 0.4) is 0 Å². The molecule has 0 bridgehead atoms. The first-order valence-corrected chi connectivity index (χ1v) is 10.5. The fourth-order valence-electron chi connectivity index (χ4n) is 3.77. The molecule has 1 aromatic heterocycles. The van der Waals surface area contributed by atoms with Crippen LogP contribution in [0, 0.1) is 11.3 Å². The molecule has 1 saturated heterocycles. The van der Waals surface area contributed by atoms with Gasteiger partial charge >= 0.3 is 0 Å². The molecule has 160 valence electrons. The fourth-order valence-corrected chi connectivity index (χ4v) is 4.49. The third-order valence-electron chi connectivity index (χ3n) is 5.34. The SMILES string of the molecule is COc1cc(OC)c(Cl)c(-c2ccc3nc(NC4CN[C@H](CC#N)C4)ncc3c2)c1Cl. The average Bonchev–Trinajstić information content (AvgIpc) is 3.21. The molecule has 0 spiro atoms. The Morgan fingerprint density at radius 2 is 1.94 bits per heavy atom. The number of nitrogens with one attached hydrogen (secondary N) is 2. The second-order valence-electron chi connectivity index (χ2n) is 7.30. The number of hydrogen-bond donors (Lipinski definition) is 2. The molecule has 2 heterocycles. The average molecular weight is 458 g/mol. The highest BCUT2D eigenvalue weighted by molar-refractivity contribution is 6.41. The summed E-state index contributed by atoms with van der Waals surface area (Å²) in [7, 11) is 3.09. The Morgan fingerprint density at radius 3 is 2.61 bits per heavy atom. The van der Waals surface area contributed by atoms with E-state index in [9.17, 15) is 0 Å². The summed E-state index contributed by atoms with van der Waals surface area (Å²) in [5, 5.41) is 17.2. The molecular weight excluding hydrogens is 437 g/mol. The quantitative estimate of drug-likeness (QED) is 0.554. The Labute approximate surface area is 190 Å². The molecule has 2 atom stereocenters. The van der Waals surface area contributed by atoms with Crippen LogP contribution in [0.1, 0.15) is 12.8 Å². The van der Waals surface area contributed by atoms with Gasteiger partial charge in [0.15, 0.2) is 0 Å². The number of nitrogens with zero attached hydrogens (tertiary/aromatic N) is 3. The van der Waals surface area contributed by atoms with Crippen molar-refractivity contribution in [3.05, 3.63) is 40.5 Å². The molecule has 4 rings (SSSR count). The standard InChI is InChI=1S/C22H21Cl2N5O2/c1-30-17-9-18(31-2)21(24)19(20(17)23)12-3-4-16-13(7-12)10-27-22(29-16)28-15-8-14(5-6-25)26-11-15/h3-4,7,9-10,14-15,26H,5,8,11H2,1-2H3,(H,27,28,29)/t14-,15?/m1/s1. The van der Waals surface area contributed by atoms with E-state index in [1.807, 2.05) is 18.2 Å². The number of hydrogen-bond acceptors (Lipinski definition) is 7. The van der Waals surface area contributed by atoms with Crippen molar-refractivity contribution in [1.29, 1.82) is 5.26 Å². The number of anilines is 1. The number of fused-ring (bicyclic) bond motifs is 1. The van der Waals surface area contributed by atoms with Gasteiger partial charge in [0.25, 0.3) is 0 Å². The Balaban J connectivity index is 1.63. The summed E-state index contributed by atoms with van der Waals surface area (Å²) in [4.78, 5) is 9.08. The van der Waals surface area contributed by atoms with Crippen LogP contribution in [-0.2, 0) is 0 Å². The summed E-state index contributed by atoms with van der Waals surface area (Å²) in [6.45, 7) is 0.779. The summed E-state index contributed by atoms with van der Waals surface area (Å²) in [5.41, 5.74) is 2.23. The van der Waals surface area contributed by atoms with Gasteiger partial charge in [0.05, 0.1) is 42.3 Å². The van der Waals surface area contributed by atoms with E-state index in [1.54, 1.807) is 26.5 Å². The molecule has 0 aliphatic carbocycles. The van der Waals surface area contributed by atoms with Crippen molar-refractivity contribution in [2.75, 3.05) is 26.1 Å². The molecule has 2 aromatic carbocycles. The van der Waals surface area contributed by atoms with Gasteiger partial charge in [0, 0.05) is 41.8 Å². The Bertz CT molecular complexity index is 1140. The van der Waals surface area contributed by atoms with Crippen molar-refractivity contribution in [2.45, 2.75) is 24.9 Å². The second kappa shape index (κ2) is 9.15. The van der Waals surface area contributed by atoms with Crippen molar-refractivity contribution < 1.29 is 9.47 Å². The van der Waals surface area contributed by atoms with Crippen LogP contribution in [-0.4, -0.2) is 42.8 Å². The summed E-state index contributed by atoms with van der Waals surface area (Å²) < 4.78 is 10.7. The van der Waals surface area contributed by atoms with Gasteiger partial charge in [0.1, 0.15) is 11.5 Å². The van der Waals surface area contributed by atoms with Crippen molar-refractivity contribution in [1.82, 2.24) is 15.3 Å². The molecule has 2 N–H and O–H groups in total. The van der Waals surface area contributed by atoms with Crippen molar-refractivity contribution in [3.8, 4) is 28.7 Å². The van der Waals surface area contributed by atoms with Crippen LogP contribution in [0.4, 0.5) is 5.95 Å². The minimum atomic E-state index is 0.192. The lowest BCUT2D eigenvalue weighted by Gasteiger charge is -2.15. The molecule has 1 aliphatic rings. The molecule has 9 heteroatoms. The Hall–Kier alpha value is -2.79. The number of benzene rings is 2. The van der Waals surface area contributed by atoms with E-state index in [-0.39, 0.29) is 12.1 Å². The molecule has 31 heavy (non-hydrogen) atoms. The molecular formula is C22H21Cl2N5O2. The van der Waals surface area contributed by atoms with Crippen LogP contribution < -0.4 is 20.1 Å². The number of halogens is 2. The van der Waals surface area contributed by atoms with Crippen molar-refractivity contribution >= 4 is 40.1 Å². The van der Waals surface area contributed by atoms with Crippen LogP contribution in [0.25, 0.3) is 22.0 Å². The molecule has 1 fully saturated rings. The van der Waals surface area contributed by atoms with E-state index in [4.69, 9.17) is 37.9 Å². The Morgan fingerprint density at radius 1 is 1.19 bits per heavy atom. The largest absolute Gasteiger partial charge is 0.495 e. The van der Waals surface area contributed by atoms with Gasteiger partial charge in [-0.2, -0.15) is 5.26 Å². The lowest BCUT2D eigenvalue weighted by Crippen LogP contribution is -2.23. The number of rotatable bonds is 6. The topological polar surface area (TPSA) is 92.1 Å². The molecule has 1 unspecified atom stereocenters. The van der Waals surface area contributed by atoms with E-state index in [2.05, 4.69) is 26.7 Å². The monoisotopic (exact) mass is 457 g/mol. The van der Waals surface area contributed by atoms with Gasteiger partial charge in [-0.15, -0.1) is 0 Å². The maximum Gasteiger partial charge on any atom is 0.223 e. The van der Waals surface area contributed by atoms with Gasteiger partial charge in [0.2, 0.25) is 5.95 Å². The third-order valence-corrected chi connectivity index (χ3v) is 6.09. The zero-order valence-electron chi connectivity index (χ0n) is 17.1. The maximum atomic E-state index is 8.85. The third kappa shape index (κ3) is 4.33. The van der Waals surface area contributed by atoms with Crippen LogP contribution in [0.5, 0.6) is 11.5 Å². The van der Waals surface area contributed by atoms with Gasteiger partial charge < -0.3 is 20.1 Å². The van der Waals surface area contributed by atoms with Gasteiger partial charge in [-0.1, -0.05) is 29.3 Å². The molecule has 7 nitrogen and oxygen atoms in total. The van der Waals surface area contributed by atoms with Crippen molar-refractivity contribution in [2.24, 2.45) is 0 Å². The summed E-state index contributed by atoms with van der Waals surface area (Å²) in [6.07, 6.45) is 3.13. The van der Waals surface area contributed by atoms with Crippen LogP contribution in [0.15, 0.2) is 30.5 Å². The zero-order chi connectivity index (χ0) is 22.0. The highest BCUT2D eigenvalue weighted by Gasteiger charge is 2.24. The number of nitriles is 1. The number of methoxy groups -OCH3 is 2. The van der Waals surface area contributed by atoms with E-state index >= 15 is 0 Å². The molecule has 0 saturated carbocycles. The van der Waals surface area contributed by atoms with E-state index < -0.39 is 0 Å². The first-order valence-electron chi connectivity index (χ1n) is 9.78. The van der Waals surface area contributed by atoms with E-state index in [1.165, 1.54) is 0 Å². The minimum absolute atomic E-state index is 0.192. The second-order valence-corrected chi connectivity index (χ2v) is 8.05. The predicted octanol–water partition coefficient (Wildman–Crippen LogP) is 4.68. The highest BCUT2D eigenvalue weighted by atomic mass is 35.5.